The van der Waals surface area contributed by atoms with Crippen molar-refractivity contribution in [1.29, 1.82) is 0 Å². The van der Waals surface area contributed by atoms with E-state index in [2.05, 4.69) is 15.3 Å². The highest BCUT2D eigenvalue weighted by Crippen LogP contribution is 2.07. The Morgan fingerprint density at radius 1 is 1.10 bits per heavy atom. The minimum atomic E-state index is -0.138. The third kappa shape index (κ3) is 4.27. The van der Waals surface area contributed by atoms with Crippen LogP contribution >= 0.6 is 0 Å². The molecule has 0 saturated carbocycles. The van der Waals surface area contributed by atoms with E-state index < -0.39 is 0 Å². The first kappa shape index (κ1) is 15.0. The van der Waals surface area contributed by atoms with Crippen molar-refractivity contribution < 1.29 is 9.59 Å². The molecule has 0 aliphatic rings. The molecule has 0 aliphatic heterocycles. The van der Waals surface area contributed by atoms with Gasteiger partial charge in [-0.3, -0.25) is 14.9 Å². The van der Waals surface area contributed by atoms with Crippen LogP contribution in [0.2, 0.25) is 0 Å². The number of aryl methyl sites for hydroxylation is 2. The van der Waals surface area contributed by atoms with Gasteiger partial charge in [-0.25, -0.2) is 9.97 Å². The SMILES string of the molecule is CC(=O)Cc1nccn1CCCn1ccnc1NC(C)=O. The number of hydrogen-bond acceptors (Lipinski definition) is 4. The molecule has 0 bridgehead atoms. The summed E-state index contributed by atoms with van der Waals surface area (Å²) in [6.45, 7) is 4.51. The highest BCUT2D eigenvalue weighted by molar-refractivity contribution is 5.86. The maximum Gasteiger partial charge on any atom is 0.223 e. The summed E-state index contributed by atoms with van der Waals surface area (Å²) in [6, 6.07) is 0. The van der Waals surface area contributed by atoms with E-state index in [1.165, 1.54) is 6.92 Å². The Morgan fingerprint density at radius 3 is 2.48 bits per heavy atom. The fraction of sp³-hybridized carbons (Fsp3) is 0.429. The molecule has 0 spiro atoms. The minimum Gasteiger partial charge on any atom is -0.335 e. The van der Waals surface area contributed by atoms with Gasteiger partial charge in [0.05, 0.1) is 6.42 Å². The quantitative estimate of drug-likeness (QED) is 0.832. The van der Waals surface area contributed by atoms with Gasteiger partial charge in [0, 0.05) is 44.8 Å². The van der Waals surface area contributed by atoms with Crippen LogP contribution in [0, 0.1) is 0 Å². The summed E-state index contributed by atoms with van der Waals surface area (Å²) in [5.41, 5.74) is 0. The number of nitrogens with one attached hydrogen (secondary N) is 1. The van der Waals surface area contributed by atoms with E-state index >= 15 is 0 Å². The molecule has 1 N–H and O–H groups in total. The summed E-state index contributed by atoms with van der Waals surface area (Å²) >= 11 is 0. The lowest BCUT2D eigenvalue weighted by Gasteiger charge is -2.09. The van der Waals surface area contributed by atoms with Crippen molar-refractivity contribution >= 4 is 17.6 Å². The van der Waals surface area contributed by atoms with E-state index in [0.717, 1.165) is 25.3 Å². The highest BCUT2D eigenvalue weighted by Gasteiger charge is 2.07. The van der Waals surface area contributed by atoms with Crippen LogP contribution in [-0.4, -0.2) is 30.8 Å². The van der Waals surface area contributed by atoms with Crippen LogP contribution in [0.15, 0.2) is 24.8 Å². The average molecular weight is 289 g/mol. The normalized spacial score (nSPS) is 10.6. The number of carbonyl (C=O) groups is 2. The van der Waals surface area contributed by atoms with Gasteiger partial charge in [0.25, 0.3) is 0 Å². The molecule has 0 aliphatic carbocycles. The smallest absolute Gasteiger partial charge is 0.223 e. The standard InChI is InChI=1S/C14H19N5O2/c1-11(20)10-13-15-4-8-18(13)6-3-7-19-9-5-16-14(19)17-12(2)21/h4-5,8-9H,3,6-7,10H2,1-2H3,(H,16,17,21). The molecule has 0 unspecified atom stereocenters. The van der Waals surface area contributed by atoms with Gasteiger partial charge in [-0.15, -0.1) is 0 Å². The molecule has 21 heavy (non-hydrogen) atoms. The molecule has 2 heterocycles. The third-order valence-corrected chi connectivity index (χ3v) is 3.01. The number of hydrogen-bond donors (Lipinski definition) is 1. The first-order valence-corrected chi connectivity index (χ1v) is 6.84. The molecular weight excluding hydrogens is 270 g/mol. The van der Waals surface area contributed by atoms with Crippen molar-refractivity contribution in [2.24, 2.45) is 0 Å². The van der Waals surface area contributed by atoms with Gasteiger partial charge in [-0.1, -0.05) is 0 Å². The van der Waals surface area contributed by atoms with E-state index in [1.807, 2.05) is 21.5 Å². The number of anilines is 1. The van der Waals surface area contributed by atoms with Crippen LogP contribution in [0.5, 0.6) is 0 Å². The Labute approximate surface area is 123 Å². The Bertz CT molecular complexity index is 575. The van der Waals surface area contributed by atoms with Crippen molar-refractivity contribution in [3.8, 4) is 0 Å². The molecule has 0 aromatic carbocycles. The summed E-state index contributed by atoms with van der Waals surface area (Å²) in [5.74, 6) is 1.30. The number of aromatic nitrogens is 4. The van der Waals surface area contributed by atoms with Crippen molar-refractivity contribution in [2.45, 2.75) is 39.8 Å². The molecule has 112 valence electrons. The second kappa shape index (κ2) is 6.83. The predicted octanol–water partition coefficient (Wildman–Crippen LogP) is 1.26. The topological polar surface area (TPSA) is 81.8 Å². The Hall–Kier alpha value is -2.44. The second-order valence-electron chi connectivity index (χ2n) is 4.89. The first-order valence-electron chi connectivity index (χ1n) is 6.84. The molecule has 7 heteroatoms. The predicted molar refractivity (Wildman–Crippen MR) is 77.8 cm³/mol. The average Bonchev–Trinajstić information content (AvgIpc) is 2.99. The molecular formula is C14H19N5O2. The monoisotopic (exact) mass is 289 g/mol. The molecule has 0 atom stereocenters. The van der Waals surface area contributed by atoms with Gasteiger partial charge in [-0.05, 0) is 13.3 Å². The van der Waals surface area contributed by atoms with Gasteiger partial charge in [-0.2, -0.15) is 0 Å². The number of imidazole rings is 2. The Kier molecular flexibility index (Phi) is 4.86. The van der Waals surface area contributed by atoms with Crippen molar-refractivity contribution in [3.63, 3.8) is 0 Å². The van der Waals surface area contributed by atoms with Gasteiger partial charge in [0.15, 0.2) is 0 Å². The van der Waals surface area contributed by atoms with Crippen LogP contribution < -0.4 is 5.32 Å². The summed E-state index contributed by atoms with van der Waals surface area (Å²) < 4.78 is 3.87. The molecule has 0 radical (unpaired) electrons. The van der Waals surface area contributed by atoms with Crippen LogP contribution in [0.25, 0.3) is 0 Å². The van der Waals surface area contributed by atoms with E-state index in [9.17, 15) is 9.59 Å². The fourth-order valence-corrected chi connectivity index (χ4v) is 2.12. The maximum absolute atomic E-state index is 11.2. The lowest BCUT2D eigenvalue weighted by atomic mass is 10.3. The second-order valence-corrected chi connectivity index (χ2v) is 4.89. The van der Waals surface area contributed by atoms with E-state index in [4.69, 9.17) is 0 Å². The Balaban J connectivity index is 1.90. The number of nitrogens with zero attached hydrogens (tertiary/aromatic N) is 4. The number of Topliss-reactive ketones (excluding diaryl/α,β-unsaturated/α-hetero) is 1. The van der Waals surface area contributed by atoms with Gasteiger partial charge in [0.2, 0.25) is 11.9 Å². The maximum atomic E-state index is 11.2. The first-order chi connectivity index (χ1) is 10.1. The van der Waals surface area contributed by atoms with E-state index in [1.54, 1.807) is 19.3 Å². The number of ketones is 1. The van der Waals surface area contributed by atoms with Crippen LogP contribution in [0.4, 0.5) is 5.95 Å². The zero-order valence-corrected chi connectivity index (χ0v) is 12.2. The summed E-state index contributed by atoms with van der Waals surface area (Å²) in [4.78, 5) is 30.5. The Morgan fingerprint density at radius 2 is 1.76 bits per heavy atom. The molecule has 2 rings (SSSR count). The summed E-state index contributed by atoms with van der Waals surface area (Å²) in [5, 5.41) is 2.68. The molecule has 0 fully saturated rings. The highest BCUT2D eigenvalue weighted by atomic mass is 16.1. The van der Waals surface area contributed by atoms with Crippen molar-refractivity contribution in [1.82, 2.24) is 19.1 Å². The van der Waals surface area contributed by atoms with E-state index in [-0.39, 0.29) is 11.7 Å². The molecule has 2 aromatic heterocycles. The van der Waals surface area contributed by atoms with Crippen molar-refractivity contribution in [3.05, 3.63) is 30.6 Å². The minimum absolute atomic E-state index is 0.102. The lowest BCUT2D eigenvalue weighted by Crippen LogP contribution is -2.13. The largest absolute Gasteiger partial charge is 0.335 e. The van der Waals surface area contributed by atoms with Gasteiger partial charge in [0.1, 0.15) is 11.6 Å². The molecule has 7 nitrogen and oxygen atoms in total. The zero-order chi connectivity index (χ0) is 15.2. The molecule has 1 amide bonds. The summed E-state index contributed by atoms with van der Waals surface area (Å²) in [7, 11) is 0. The number of rotatable bonds is 7. The fourth-order valence-electron chi connectivity index (χ4n) is 2.12. The van der Waals surface area contributed by atoms with Crippen molar-refractivity contribution in [2.75, 3.05) is 5.32 Å². The van der Waals surface area contributed by atoms with Crippen LogP contribution in [0.3, 0.4) is 0 Å². The van der Waals surface area contributed by atoms with E-state index in [0.29, 0.717) is 12.4 Å². The molecule has 0 saturated heterocycles. The van der Waals surface area contributed by atoms with Gasteiger partial charge < -0.3 is 9.13 Å². The lowest BCUT2D eigenvalue weighted by molar-refractivity contribution is -0.116. The number of carbonyl (C=O) groups excluding carboxylic acids is 2. The number of amides is 1. The molecule has 2 aromatic rings. The van der Waals surface area contributed by atoms with Crippen LogP contribution in [-0.2, 0) is 29.1 Å². The third-order valence-electron chi connectivity index (χ3n) is 3.01. The van der Waals surface area contributed by atoms with Crippen LogP contribution in [0.1, 0.15) is 26.1 Å². The summed E-state index contributed by atoms with van der Waals surface area (Å²) in [6.07, 6.45) is 8.28. The zero-order valence-electron chi connectivity index (χ0n) is 12.2. The van der Waals surface area contributed by atoms with Gasteiger partial charge >= 0.3 is 0 Å².